The number of hydrogen-bond donors (Lipinski definition) is 3. The number of carboxylic acid groups (broad SMARTS) is 1. The Labute approximate surface area is 165 Å². The zero-order valence-corrected chi connectivity index (χ0v) is 16.5. The Morgan fingerprint density at radius 2 is 1.64 bits per heavy atom. The van der Waals surface area contributed by atoms with Gasteiger partial charge in [-0.25, -0.2) is 13.2 Å². The van der Waals surface area contributed by atoms with Gasteiger partial charge in [0.15, 0.2) is 0 Å². The van der Waals surface area contributed by atoms with Crippen molar-refractivity contribution in [3.63, 3.8) is 0 Å². The fraction of sp³-hybridized carbons (Fsp3) is 0.350. The molecule has 2 rings (SSSR count). The summed E-state index contributed by atoms with van der Waals surface area (Å²) in [6, 6.07) is 16.3. The van der Waals surface area contributed by atoms with Crippen LogP contribution in [0.1, 0.15) is 18.9 Å². The zero-order valence-electron chi connectivity index (χ0n) is 15.7. The molecule has 152 valence electrons. The minimum Gasteiger partial charge on any atom is -0.465 e. The van der Waals surface area contributed by atoms with Crippen molar-refractivity contribution >= 4 is 16.1 Å². The lowest BCUT2D eigenvalue weighted by molar-refractivity contribution is 0.100. The summed E-state index contributed by atoms with van der Waals surface area (Å²) < 4.78 is 27.1. The molecule has 2 atom stereocenters. The van der Waals surface area contributed by atoms with E-state index in [0.717, 1.165) is 5.56 Å². The summed E-state index contributed by atoms with van der Waals surface area (Å²) >= 11 is 0. The summed E-state index contributed by atoms with van der Waals surface area (Å²) in [7, 11) is -3.80. The maximum Gasteiger partial charge on any atom is 0.404 e. The van der Waals surface area contributed by atoms with Crippen molar-refractivity contribution in [3.05, 3.63) is 66.2 Å². The molecule has 2 aromatic carbocycles. The van der Waals surface area contributed by atoms with E-state index < -0.39 is 28.3 Å². The number of nitrogens with zero attached hydrogens (tertiary/aromatic N) is 1. The monoisotopic (exact) mass is 406 g/mol. The fourth-order valence-electron chi connectivity index (χ4n) is 2.95. The van der Waals surface area contributed by atoms with E-state index in [9.17, 15) is 18.3 Å². The van der Waals surface area contributed by atoms with Gasteiger partial charge in [0.1, 0.15) is 0 Å². The highest BCUT2D eigenvalue weighted by atomic mass is 32.2. The molecule has 0 spiro atoms. The van der Waals surface area contributed by atoms with Gasteiger partial charge in [-0.15, -0.1) is 0 Å². The molecule has 0 bridgehead atoms. The Morgan fingerprint density at radius 3 is 2.18 bits per heavy atom. The molecular weight excluding hydrogens is 380 g/mol. The van der Waals surface area contributed by atoms with E-state index in [1.165, 1.54) is 16.4 Å². The van der Waals surface area contributed by atoms with Gasteiger partial charge < -0.3 is 15.5 Å². The largest absolute Gasteiger partial charge is 0.465 e. The summed E-state index contributed by atoms with van der Waals surface area (Å²) in [6.45, 7) is 1.86. The van der Waals surface area contributed by atoms with Crippen LogP contribution in [0.4, 0.5) is 4.79 Å². The first kappa shape index (κ1) is 21.9. The van der Waals surface area contributed by atoms with Gasteiger partial charge in [-0.1, -0.05) is 55.5 Å². The van der Waals surface area contributed by atoms with Crippen LogP contribution < -0.4 is 5.32 Å². The Morgan fingerprint density at radius 1 is 1.07 bits per heavy atom. The molecule has 0 radical (unpaired) electrons. The molecule has 0 heterocycles. The molecule has 28 heavy (non-hydrogen) atoms. The second-order valence-corrected chi connectivity index (χ2v) is 8.43. The number of aliphatic hydroxyl groups excluding tert-OH is 1. The van der Waals surface area contributed by atoms with E-state index in [0.29, 0.717) is 6.42 Å². The molecular formula is C20H26N2O5S. The molecule has 8 heteroatoms. The minimum atomic E-state index is -3.80. The van der Waals surface area contributed by atoms with Gasteiger partial charge in [-0.2, -0.15) is 4.31 Å². The first-order chi connectivity index (χ1) is 13.3. The Bertz CT molecular complexity index is 843. The van der Waals surface area contributed by atoms with Crippen molar-refractivity contribution in [2.45, 2.75) is 36.8 Å². The van der Waals surface area contributed by atoms with Crippen molar-refractivity contribution in [2.24, 2.45) is 0 Å². The van der Waals surface area contributed by atoms with Crippen molar-refractivity contribution < 1.29 is 23.4 Å². The maximum atomic E-state index is 12.9. The van der Waals surface area contributed by atoms with Gasteiger partial charge in [-0.3, -0.25) is 0 Å². The number of carbonyl (C=O) groups is 1. The first-order valence-electron chi connectivity index (χ1n) is 9.11. The van der Waals surface area contributed by atoms with Gasteiger partial charge in [0, 0.05) is 13.1 Å². The molecule has 0 fully saturated rings. The number of benzene rings is 2. The number of aliphatic hydroxyl groups is 1. The highest BCUT2D eigenvalue weighted by Crippen LogP contribution is 2.17. The van der Waals surface area contributed by atoms with E-state index in [2.05, 4.69) is 5.32 Å². The van der Waals surface area contributed by atoms with E-state index in [4.69, 9.17) is 5.11 Å². The highest BCUT2D eigenvalue weighted by molar-refractivity contribution is 7.89. The molecule has 0 aliphatic carbocycles. The molecule has 0 aliphatic heterocycles. The topological polar surface area (TPSA) is 107 Å². The summed E-state index contributed by atoms with van der Waals surface area (Å²) in [6.07, 6.45) is -1.66. The summed E-state index contributed by atoms with van der Waals surface area (Å²) in [5.41, 5.74) is 0.841. The average Bonchev–Trinajstić information content (AvgIpc) is 2.68. The van der Waals surface area contributed by atoms with Gasteiger partial charge in [0.05, 0.1) is 17.0 Å². The van der Waals surface area contributed by atoms with Gasteiger partial charge in [0.2, 0.25) is 10.0 Å². The maximum absolute atomic E-state index is 12.9. The standard InChI is InChI=1S/C20H26N2O5S/c1-2-13-22(28(26,27)17-11-7-4-8-12-17)15-19(23)18(21-20(24)25)14-16-9-5-3-6-10-16/h3-12,18-19,21,23H,2,13-15H2,1H3,(H,24,25)/t18-,19+/m0/s1. The highest BCUT2D eigenvalue weighted by Gasteiger charge is 2.30. The normalized spacial score (nSPS) is 13.8. The van der Waals surface area contributed by atoms with E-state index >= 15 is 0 Å². The molecule has 1 amide bonds. The third-order valence-corrected chi connectivity index (χ3v) is 6.20. The van der Waals surface area contributed by atoms with Crippen LogP contribution in [0.3, 0.4) is 0 Å². The molecule has 0 aromatic heterocycles. The molecule has 0 saturated heterocycles. The summed E-state index contributed by atoms with van der Waals surface area (Å²) in [5, 5.41) is 22.1. The lowest BCUT2D eigenvalue weighted by atomic mass is 10.0. The lowest BCUT2D eigenvalue weighted by Crippen LogP contribution is -2.50. The fourth-order valence-corrected chi connectivity index (χ4v) is 4.52. The molecule has 0 aliphatic rings. The number of hydrogen-bond acceptors (Lipinski definition) is 4. The van der Waals surface area contributed by atoms with Crippen LogP contribution in [-0.2, 0) is 16.4 Å². The predicted molar refractivity (Wildman–Crippen MR) is 107 cm³/mol. The van der Waals surface area contributed by atoms with Crippen LogP contribution in [0.15, 0.2) is 65.6 Å². The Kier molecular flexibility index (Phi) is 7.98. The second kappa shape index (κ2) is 10.2. The molecule has 2 aromatic rings. The van der Waals surface area contributed by atoms with Crippen LogP contribution >= 0.6 is 0 Å². The quantitative estimate of drug-likeness (QED) is 0.561. The summed E-state index contributed by atoms with van der Waals surface area (Å²) in [5.74, 6) is 0. The van der Waals surface area contributed by atoms with E-state index in [-0.39, 0.29) is 24.4 Å². The molecule has 0 unspecified atom stereocenters. The lowest BCUT2D eigenvalue weighted by Gasteiger charge is -2.29. The smallest absolute Gasteiger partial charge is 0.404 e. The van der Waals surface area contributed by atoms with Crippen molar-refractivity contribution in [1.29, 1.82) is 0 Å². The van der Waals surface area contributed by atoms with Crippen LogP contribution in [0, 0.1) is 0 Å². The third-order valence-electron chi connectivity index (χ3n) is 4.32. The SMILES string of the molecule is CCCN(C[C@@H](O)[C@H](Cc1ccccc1)NC(=O)O)S(=O)(=O)c1ccccc1. The number of sulfonamides is 1. The summed E-state index contributed by atoms with van der Waals surface area (Å²) in [4.78, 5) is 11.3. The van der Waals surface area contributed by atoms with Crippen LogP contribution in [0.2, 0.25) is 0 Å². The zero-order chi connectivity index (χ0) is 20.6. The van der Waals surface area contributed by atoms with Crippen LogP contribution in [0.25, 0.3) is 0 Å². The van der Waals surface area contributed by atoms with Gasteiger partial charge in [0.25, 0.3) is 0 Å². The van der Waals surface area contributed by atoms with Crippen molar-refractivity contribution in [2.75, 3.05) is 13.1 Å². The second-order valence-electron chi connectivity index (χ2n) is 6.49. The molecule has 3 N–H and O–H groups in total. The van der Waals surface area contributed by atoms with E-state index in [1.54, 1.807) is 18.2 Å². The molecule has 0 saturated carbocycles. The van der Waals surface area contributed by atoms with Crippen LogP contribution in [-0.4, -0.2) is 54.3 Å². The number of amides is 1. The van der Waals surface area contributed by atoms with Crippen molar-refractivity contribution in [1.82, 2.24) is 9.62 Å². The number of nitrogens with one attached hydrogen (secondary N) is 1. The Balaban J connectivity index is 2.21. The third kappa shape index (κ3) is 6.05. The molecule has 7 nitrogen and oxygen atoms in total. The predicted octanol–water partition coefficient (Wildman–Crippen LogP) is 2.33. The van der Waals surface area contributed by atoms with Gasteiger partial charge >= 0.3 is 6.09 Å². The van der Waals surface area contributed by atoms with Crippen molar-refractivity contribution in [3.8, 4) is 0 Å². The average molecular weight is 407 g/mol. The Hall–Kier alpha value is -2.42. The first-order valence-corrected chi connectivity index (χ1v) is 10.5. The minimum absolute atomic E-state index is 0.140. The van der Waals surface area contributed by atoms with E-state index in [1.807, 2.05) is 37.3 Å². The van der Waals surface area contributed by atoms with Gasteiger partial charge in [-0.05, 0) is 30.5 Å². The number of rotatable bonds is 10. The van der Waals surface area contributed by atoms with Crippen LogP contribution in [0.5, 0.6) is 0 Å².